The molecule has 1 fully saturated rings. The molecule has 0 saturated carbocycles. The van der Waals surface area contributed by atoms with E-state index in [0.29, 0.717) is 29.2 Å². The Labute approximate surface area is 160 Å². The molecule has 2 heterocycles. The normalized spacial score (nSPS) is 16.7. The minimum Gasteiger partial charge on any atom is -0.493 e. The Balaban J connectivity index is 1.86. The van der Waals surface area contributed by atoms with Gasteiger partial charge in [0.05, 0.1) is 21.3 Å². The lowest BCUT2D eigenvalue weighted by Gasteiger charge is -2.36. The number of methoxy groups -OCH3 is 3. The number of anilines is 3. The lowest BCUT2D eigenvalue weighted by molar-refractivity contribution is 0.324. The van der Waals surface area contributed by atoms with Gasteiger partial charge in [-0.2, -0.15) is 4.98 Å². The van der Waals surface area contributed by atoms with Gasteiger partial charge in [0.1, 0.15) is 5.82 Å². The van der Waals surface area contributed by atoms with E-state index in [0.717, 1.165) is 24.5 Å². The fourth-order valence-electron chi connectivity index (χ4n) is 3.58. The van der Waals surface area contributed by atoms with Crippen molar-refractivity contribution in [2.75, 3.05) is 38.1 Å². The Hall–Kier alpha value is -2.70. The van der Waals surface area contributed by atoms with Gasteiger partial charge in [0, 0.05) is 36.6 Å². The summed E-state index contributed by atoms with van der Waals surface area (Å²) in [4.78, 5) is 11.5. The highest BCUT2D eigenvalue weighted by Gasteiger charge is 2.22. The molecule has 1 atom stereocenters. The van der Waals surface area contributed by atoms with Crippen LogP contribution in [0.4, 0.5) is 17.5 Å². The molecule has 0 spiro atoms. The predicted octanol–water partition coefficient (Wildman–Crippen LogP) is 4.01. The first-order chi connectivity index (χ1) is 13.2. The molecule has 1 aromatic heterocycles. The Kier molecular flexibility index (Phi) is 6.21. The molecule has 0 aliphatic carbocycles. The van der Waals surface area contributed by atoms with Gasteiger partial charge in [0.15, 0.2) is 11.5 Å². The van der Waals surface area contributed by atoms with Crippen LogP contribution in [-0.2, 0) is 0 Å². The Bertz CT molecular complexity index is 744. The fraction of sp³-hybridized carbons (Fsp3) is 0.500. The molecule has 1 aromatic carbocycles. The quantitative estimate of drug-likeness (QED) is 0.787. The van der Waals surface area contributed by atoms with Crippen molar-refractivity contribution in [2.24, 2.45) is 0 Å². The van der Waals surface area contributed by atoms with E-state index >= 15 is 0 Å². The zero-order valence-corrected chi connectivity index (χ0v) is 16.5. The molecule has 7 heteroatoms. The van der Waals surface area contributed by atoms with Crippen molar-refractivity contribution in [2.45, 2.75) is 38.6 Å². The van der Waals surface area contributed by atoms with E-state index in [1.54, 1.807) is 27.5 Å². The van der Waals surface area contributed by atoms with Gasteiger partial charge in [0.2, 0.25) is 11.7 Å². The molecule has 3 rings (SSSR count). The standard InChI is InChI=1S/C20H28N4O3/c1-5-15-8-6-7-11-24(15)18-9-10-21-20(23-18)22-14-12-16(25-2)19(27-4)17(13-14)26-3/h9-10,12-13,15H,5-8,11H2,1-4H3,(H,21,22,23). The average molecular weight is 372 g/mol. The number of hydrogen-bond acceptors (Lipinski definition) is 7. The minimum atomic E-state index is 0.544. The topological polar surface area (TPSA) is 68.7 Å². The summed E-state index contributed by atoms with van der Waals surface area (Å²) < 4.78 is 16.2. The minimum absolute atomic E-state index is 0.544. The molecule has 0 amide bonds. The monoisotopic (exact) mass is 372 g/mol. The van der Waals surface area contributed by atoms with Crippen molar-refractivity contribution >= 4 is 17.5 Å². The summed E-state index contributed by atoms with van der Waals surface area (Å²) in [6.07, 6.45) is 6.63. The average Bonchev–Trinajstić information content (AvgIpc) is 2.73. The first-order valence-electron chi connectivity index (χ1n) is 9.36. The van der Waals surface area contributed by atoms with E-state index in [9.17, 15) is 0 Å². The molecule has 146 valence electrons. The van der Waals surface area contributed by atoms with Crippen molar-refractivity contribution in [3.63, 3.8) is 0 Å². The van der Waals surface area contributed by atoms with E-state index in [1.807, 2.05) is 18.2 Å². The maximum Gasteiger partial charge on any atom is 0.229 e. The number of benzene rings is 1. The van der Waals surface area contributed by atoms with Gasteiger partial charge in [-0.25, -0.2) is 4.98 Å². The maximum absolute atomic E-state index is 5.41. The first-order valence-corrected chi connectivity index (χ1v) is 9.36. The summed E-state index contributed by atoms with van der Waals surface area (Å²) in [7, 11) is 4.78. The van der Waals surface area contributed by atoms with Crippen LogP contribution < -0.4 is 24.4 Å². The largest absolute Gasteiger partial charge is 0.493 e. The summed E-state index contributed by atoms with van der Waals surface area (Å²) in [5.74, 6) is 3.23. The SMILES string of the molecule is CCC1CCCCN1c1ccnc(Nc2cc(OC)c(OC)c(OC)c2)n1. The number of ether oxygens (including phenoxy) is 3. The predicted molar refractivity (Wildman–Crippen MR) is 107 cm³/mol. The molecule has 7 nitrogen and oxygen atoms in total. The summed E-state index contributed by atoms with van der Waals surface area (Å²) in [5.41, 5.74) is 0.771. The molecular weight excluding hydrogens is 344 g/mol. The number of aromatic nitrogens is 2. The summed E-state index contributed by atoms with van der Waals surface area (Å²) in [6.45, 7) is 3.28. The van der Waals surface area contributed by atoms with Crippen molar-refractivity contribution in [1.29, 1.82) is 0 Å². The molecule has 27 heavy (non-hydrogen) atoms. The van der Waals surface area contributed by atoms with Crippen molar-refractivity contribution < 1.29 is 14.2 Å². The van der Waals surface area contributed by atoms with Crippen LogP contribution in [0, 0.1) is 0 Å². The van der Waals surface area contributed by atoms with Crippen LogP contribution in [0.2, 0.25) is 0 Å². The van der Waals surface area contributed by atoms with Gasteiger partial charge >= 0.3 is 0 Å². The van der Waals surface area contributed by atoms with Crippen molar-refractivity contribution in [1.82, 2.24) is 9.97 Å². The van der Waals surface area contributed by atoms with Crippen molar-refractivity contribution in [3.05, 3.63) is 24.4 Å². The Morgan fingerprint density at radius 2 is 1.85 bits per heavy atom. The molecule has 1 N–H and O–H groups in total. The number of hydrogen-bond donors (Lipinski definition) is 1. The van der Waals surface area contributed by atoms with Crippen LogP contribution in [-0.4, -0.2) is 43.9 Å². The highest BCUT2D eigenvalue weighted by atomic mass is 16.5. The Morgan fingerprint density at radius 1 is 1.11 bits per heavy atom. The van der Waals surface area contributed by atoms with Crippen LogP contribution in [0.15, 0.2) is 24.4 Å². The third-order valence-electron chi connectivity index (χ3n) is 4.95. The summed E-state index contributed by atoms with van der Waals surface area (Å²) in [5, 5.41) is 3.25. The van der Waals surface area contributed by atoms with Crippen LogP contribution in [0.5, 0.6) is 17.2 Å². The number of nitrogens with zero attached hydrogens (tertiary/aromatic N) is 3. The van der Waals surface area contributed by atoms with Crippen LogP contribution in [0.1, 0.15) is 32.6 Å². The smallest absolute Gasteiger partial charge is 0.229 e. The van der Waals surface area contributed by atoms with Crippen LogP contribution in [0.3, 0.4) is 0 Å². The molecule has 0 radical (unpaired) electrons. The van der Waals surface area contributed by atoms with Gasteiger partial charge in [-0.3, -0.25) is 0 Å². The third-order valence-corrected chi connectivity index (χ3v) is 4.95. The second-order valence-electron chi connectivity index (χ2n) is 6.53. The second kappa shape index (κ2) is 8.79. The van der Waals surface area contributed by atoms with Gasteiger partial charge < -0.3 is 24.4 Å². The molecule has 1 unspecified atom stereocenters. The van der Waals surface area contributed by atoms with Crippen LogP contribution in [0.25, 0.3) is 0 Å². The fourth-order valence-corrected chi connectivity index (χ4v) is 3.58. The van der Waals surface area contributed by atoms with E-state index in [-0.39, 0.29) is 0 Å². The molecule has 1 saturated heterocycles. The highest BCUT2D eigenvalue weighted by molar-refractivity contribution is 5.66. The lowest BCUT2D eigenvalue weighted by Crippen LogP contribution is -2.39. The third kappa shape index (κ3) is 4.18. The second-order valence-corrected chi connectivity index (χ2v) is 6.53. The first kappa shape index (κ1) is 19.1. The Morgan fingerprint density at radius 3 is 2.48 bits per heavy atom. The van der Waals surface area contributed by atoms with E-state index in [1.165, 1.54) is 19.3 Å². The van der Waals surface area contributed by atoms with Gasteiger partial charge in [-0.05, 0) is 31.7 Å². The molecule has 1 aliphatic rings. The highest BCUT2D eigenvalue weighted by Crippen LogP contribution is 2.40. The van der Waals surface area contributed by atoms with Gasteiger partial charge in [-0.1, -0.05) is 6.92 Å². The summed E-state index contributed by atoms with van der Waals surface area (Å²) >= 11 is 0. The molecular formula is C20H28N4O3. The van der Waals surface area contributed by atoms with Crippen LogP contribution >= 0.6 is 0 Å². The van der Waals surface area contributed by atoms with Gasteiger partial charge in [0.25, 0.3) is 0 Å². The zero-order chi connectivity index (χ0) is 19.2. The molecule has 2 aromatic rings. The number of nitrogens with one attached hydrogen (secondary N) is 1. The lowest BCUT2D eigenvalue weighted by atomic mass is 10.0. The number of rotatable bonds is 7. The zero-order valence-electron chi connectivity index (χ0n) is 16.5. The molecule has 1 aliphatic heterocycles. The van der Waals surface area contributed by atoms with Gasteiger partial charge in [-0.15, -0.1) is 0 Å². The van der Waals surface area contributed by atoms with E-state index in [2.05, 4.69) is 22.1 Å². The van der Waals surface area contributed by atoms with E-state index in [4.69, 9.17) is 19.2 Å². The molecule has 0 bridgehead atoms. The van der Waals surface area contributed by atoms with E-state index < -0.39 is 0 Å². The maximum atomic E-state index is 5.41. The van der Waals surface area contributed by atoms with Crippen molar-refractivity contribution in [3.8, 4) is 17.2 Å². The number of piperidine rings is 1. The summed E-state index contributed by atoms with van der Waals surface area (Å²) in [6, 6.07) is 6.21.